The zero-order valence-electron chi connectivity index (χ0n) is 10.4. The molecule has 0 atom stereocenters. The summed E-state index contributed by atoms with van der Waals surface area (Å²) in [5.41, 5.74) is 0. The maximum absolute atomic E-state index is 3.59. The fourth-order valence-electron chi connectivity index (χ4n) is 0.622. The van der Waals surface area contributed by atoms with Crippen LogP contribution >= 0.6 is 0 Å². The Morgan fingerprint density at radius 1 is 1.08 bits per heavy atom. The van der Waals surface area contributed by atoms with E-state index < -0.39 is 0 Å². The zero-order chi connectivity index (χ0) is 11.1. The van der Waals surface area contributed by atoms with E-state index in [1.807, 2.05) is 39.8 Å². The van der Waals surface area contributed by atoms with Crippen molar-refractivity contribution in [1.82, 2.24) is 0 Å². The zero-order valence-corrected chi connectivity index (χ0v) is 10.4. The summed E-state index contributed by atoms with van der Waals surface area (Å²) in [6.07, 6.45) is 8.45. The van der Waals surface area contributed by atoms with Gasteiger partial charge in [0.1, 0.15) is 0 Å². The summed E-state index contributed by atoms with van der Waals surface area (Å²) in [5.74, 6) is 0.819. The van der Waals surface area contributed by atoms with Gasteiger partial charge in [-0.2, -0.15) is 0 Å². The Hall–Kier alpha value is -0.520. The summed E-state index contributed by atoms with van der Waals surface area (Å²) in [4.78, 5) is 0. The van der Waals surface area contributed by atoms with Gasteiger partial charge in [-0.1, -0.05) is 66.3 Å². The Labute approximate surface area is 85.8 Å². The summed E-state index contributed by atoms with van der Waals surface area (Å²) in [6.45, 7) is 16.1. The topological polar surface area (TPSA) is 0 Å². The molecule has 0 amide bonds. The van der Waals surface area contributed by atoms with Gasteiger partial charge in [0.15, 0.2) is 0 Å². The third kappa shape index (κ3) is 34.4. The molecule has 0 aromatic rings. The lowest BCUT2D eigenvalue weighted by Gasteiger charge is -1.97. The van der Waals surface area contributed by atoms with E-state index in [-0.39, 0.29) is 0 Å². The van der Waals surface area contributed by atoms with Crippen LogP contribution in [-0.4, -0.2) is 0 Å². The van der Waals surface area contributed by atoms with Gasteiger partial charge < -0.3 is 0 Å². The van der Waals surface area contributed by atoms with E-state index in [4.69, 9.17) is 0 Å². The first kappa shape index (κ1) is 18.3. The minimum absolute atomic E-state index is 0.819. The van der Waals surface area contributed by atoms with Crippen LogP contribution in [0.2, 0.25) is 0 Å². The highest BCUT2D eigenvalue weighted by Gasteiger charge is 1.87. The van der Waals surface area contributed by atoms with Gasteiger partial charge in [-0.15, -0.1) is 0 Å². The van der Waals surface area contributed by atoms with Crippen LogP contribution in [0, 0.1) is 5.92 Å². The first-order valence-electron chi connectivity index (χ1n) is 5.55. The lowest BCUT2D eigenvalue weighted by molar-refractivity contribution is 0.594. The lowest BCUT2D eigenvalue weighted by atomic mass is 10.1. The van der Waals surface area contributed by atoms with Crippen LogP contribution in [0.25, 0.3) is 0 Å². The van der Waals surface area contributed by atoms with Crippen LogP contribution in [0.1, 0.15) is 54.4 Å². The molecule has 0 bridgehead atoms. The molecule has 0 nitrogen and oxygen atoms in total. The molecule has 0 heteroatoms. The van der Waals surface area contributed by atoms with Crippen molar-refractivity contribution in [2.24, 2.45) is 5.92 Å². The minimum Gasteiger partial charge on any atom is -0.0991 e. The molecule has 0 N–H and O–H groups in total. The average Bonchev–Trinajstić information content (AvgIpc) is 2.19. The van der Waals surface area contributed by atoms with Crippen molar-refractivity contribution in [1.29, 1.82) is 0 Å². The van der Waals surface area contributed by atoms with Crippen LogP contribution in [-0.2, 0) is 0 Å². The number of hydrogen-bond acceptors (Lipinski definition) is 0. The van der Waals surface area contributed by atoms with Gasteiger partial charge >= 0.3 is 0 Å². The Morgan fingerprint density at radius 3 is 1.85 bits per heavy atom. The highest BCUT2D eigenvalue weighted by Crippen LogP contribution is 2.03. The summed E-state index contributed by atoms with van der Waals surface area (Å²) < 4.78 is 0. The Morgan fingerprint density at radius 2 is 1.54 bits per heavy atom. The van der Waals surface area contributed by atoms with Crippen molar-refractivity contribution in [3.05, 3.63) is 24.8 Å². The van der Waals surface area contributed by atoms with E-state index in [1.54, 1.807) is 0 Å². The quantitative estimate of drug-likeness (QED) is 0.526. The third-order valence-corrected chi connectivity index (χ3v) is 1.18. The number of allylic oxidation sites excluding steroid dienone is 3. The van der Waals surface area contributed by atoms with E-state index in [0.29, 0.717) is 0 Å². The van der Waals surface area contributed by atoms with Crippen molar-refractivity contribution in [3.8, 4) is 0 Å². The van der Waals surface area contributed by atoms with Crippen LogP contribution in [0.5, 0.6) is 0 Å². The molecule has 0 aliphatic carbocycles. The average molecular weight is 184 g/mol. The molecule has 0 radical (unpaired) electrons. The fourth-order valence-corrected chi connectivity index (χ4v) is 0.622. The van der Waals surface area contributed by atoms with E-state index in [1.165, 1.54) is 12.8 Å². The van der Waals surface area contributed by atoms with Gasteiger partial charge in [-0.05, 0) is 18.8 Å². The van der Waals surface area contributed by atoms with Crippen LogP contribution in [0.15, 0.2) is 24.8 Å². The second kappa shape index (κ2) is 22.5. The Balaban J connectivity index is -0.000000218. The highest BCUT2D eigenvalue weighted by atomic mass is 13.9. The van der Waals surface area contributed by atoms with E-state index >= 15 is 0 Å². The maximum atomic E-state index is 3.59. The molecule has 0 fully saturated rings. The molecule has 0 saturated carbocycles. The van der Waals surface area contributed by atoms with Crippen LogP contribution in [0.3, 0.4) is 0 Å². The van der Waals surface area contributed by atoms with Gasteiger partial charge in [-0.25, -0.2) is 0 Å². The highest BCUT2D eigenvalue weighted by molar-refractivity contribution is 4.96. The SMILES string of the molecule is C=C/C=C\CCC(C)C.CC.CC. The molecule has 0 spiro atoms. The molecule has 0 unspecified atom stereocenters. The summed E-state index contributed by atoms with van der Waals surface area (Å²) in [6, 6.07) is 0. The molecule has 0 heterocycles. The molecule has 80 valence electrons. The van der Waals surface area contributed by atoms with Crippen LogP contribution in [0.4, 0.5) is 0 Å². The standard InChI is InChI=1S/C9H16.2C2H6/c1-4-5-6-7-8-9(2)3;2*1-2/h4-6,9H,1,7-8H2,2-3H3;2*1-2H3/b6-5-;;. The van der Waals surface area contributed by atoms with Crippen molar-refractivity contribution < 1.29 is 0 Å². The van der Waals surface area contributed by atoms with Crippen molar-refractivity contribution in [3.63, 3.8) is 0 Å². The summed E-state index contributed by atoms with van der Waals surface area (Å²) >= 11 is 0. The first-order chi connectivity index (χ1) is 6.27. The molecule has 13 heavy (non-hydrogen) atoms. The van der Waals surface area contributed by atoms with Gasteiger partial charge in [0.25, 0.3) is 0 Å². The minimum atomic E-state index is 0.819. The normalized spacial score (nSPS) is 8.54. The van der Waals surface area contributed by atoms with E-state index in [0.717, 1.165) is 5.92 Å². The molecule has 0 rings (SSSR count). The Kier molecular flexibility index (Phi) is 31.7. The molecular formula is C13H28. The molecule has 0 aliphatic heterocycles. The van der Waals surface area contributed by atoms with Gasteiger partial charge in [0, 0.05) is 0 Å². The van der Waals surface area contributed by atoms with Crippen LogP contribution < -0.4 is 0 Å². The van der Waals surface area contributed by atoms with Gasteiger partial charge in [0.2, 0.25) is 0 Å². The number of rotatable bonds is 4. The predicted molar refractivity (Wildman–Crippen MR) is 66.1 cm³/mol. The predicted octanol–water partition coefficient (Wildman–Crippen LogP) is 5.22. The molecule has 0 aromatic carbocycles. The molecule has 0 saturated heterocycles. The molecular weight excluding hydrogens is 156 g/mol. The maximum Gasteiger partial charge on any atom is -0.0345 e. The van der Waals surface area contributed by atoms with E-state index in [9.17, 15) is 0 Å². The first-order valence-corrected chi connectivity index (χ1v) is 5.55. The fraction of sp³-hybridized carbons (Fsp3) is 0.692. The van der Waals surface area contributed by atoms with Crippen molar-refractivity contribution in [2.45, 2.75) is 54.4 Å². The Bertz CT molecular complexity index is 88.2. The molecule has 0 aliphatic rings. The smallest absolute Gasteiger partial charge is 0.0345 e. The lowest BCUT2D eigenvalue weighted by Crippen LogP contribution is -1.83. The third-order valence-electron chi connectivity index (χ3n) is 1.18. The summed E-state index contributed by atoms with van der Waals surface area (Å²) in [5, 5.41) is 0. The van der Waals surface area contributed by atoms with Crippen molar-refractivity contribution in [2.75, 3.05) is 0 Å². The van der Waals surface area contributed by atoms with Crippen molar-refractivity contribution >= 4 is 0 Å². The van der Waals surface area contributed by atoms with Gasteiger partial charge in [0.05, 0.1) is 0 Å². The second-order valence-corrected chi connectivity index (χ2v) is 2.64. The second-order valence-electron chi connectivity index (χ2n) is 2.64. The van der Waals surface area contributed by atoms with E-state index in [2.05, 4.69) is 26.5 Å². The largest absolute Gasteiger partial charge is 0.0991 e. The van der Waals surface area contributed by atoms with Gasteiger partial charge in [-0.3, -0.25) is 0 Å². The number of hydrogen-bond donors (Lipinski definition) is 0. The molecule has 0 aromatic heterocycles. The monoisotopic (exact) mass is 184 g/mol. The summed E-state index contributed by atoms with van der Waals surface area (Å²) in [7, 11) is 0.